The molecule has 0 saturated carbocycles. The van der Waals surface area contributed by atoms with Crippen molar-refractivity contribution in [2.75, 3.05) is 13.2 Å². The minimum absolute atomic E-state index is 0.0217. The van der Waals surface area contributed by atoms with Gasteiger partial charge in [0.2, 0.25) is 0 Å². The molecule has 0 radical (unpaired) electrons. The molecule has 0 aromatic carbocycles. The van der Waals surface area contributed by atoms with Crippen LogP contribution >= 0.6 is 0 Å². The largest absolute Gasteiger partial charge is 0.463 e. The number of carbonyl (C=O) groups excluding carboxylic acids is 1. The summed E-state index contributed by atoms with van der Waals surface area (Å²) in [5.41, 5.74) is 1.26. The molecule has 0 aliphatic heterocycles. The molecule has 0 bridgehead atoms. The van der Waals surface area contributed by atoms with Gasteiger partial charge in [0.15, 0.2) is 0 Å². The molecule has 2 unspecified atom stereocenters. The maximum atomic E-state index is 11.6. The fraction of sp³-hybridized carbons (Fsp3) is 0.727. The van der Waals surface area contributed by atoms with Crippen molar-refractivity contribution in [2.45, 2.75) is 26.7 Å². The summed E-state index contributed by atoms with van der Waals surface area (Å²) in [5, 5.41) is 8.54. The molecule has 0 fully saturated rings. The van der Waals surface area contributed by atoms with Gasteiger partial charge in [-0.3, -0.25) is 4.79 Å². The minimum Gasteiger partial charge on any atom is -0.463 e. The molecule has 0 aromatic rings. The predicted molar refractivity (Wildman–Crippen MR) is 53.7 cm³/mol. The quantitative estimate of drug-likeness (QED) is 0.552. The van der Waals surface area contributed by atoms with E-state index >= 15 is 0 Å². The van der Waals surface area contributed by atoms with E-state index in [1.807, 2.05) is 6.92 Å². The van der Waals surface area contributed by atoms with Crippen LogP contribution in [0, 0.1) is 11.8 Å². The fourth-order valence-corrected chi connectivity index (χ4v) is 1.75. The van der Waals surface area contributed by atoms with E-state index in [2.05, 4.69) is 13.0 Å². The van der Waals surface area contributed by atoms with Crippen LogP contribution in [0.25, 0.3) is 0 Å². The van der Waals surface area contributed by atoms with E-state index in [1.54, 1.807) is 0 Å². The lowest BCUT2D eigenvalue weighted by molar-refractivity contribution is -0.151. The standard InChI is InChI=1S/C11H18O3/c1-8-3-4-9(2)10(7-8)11(13)14-6-5-12/h3,9-10,12H,4-7H2,1-2H3. The normalized spacial score (nSPS) is 26.9. The number of aliphatic hydroxyl groups excluding tert-OH is 1. The minimum atomic E-state index is -0.168. The Morgan fingerprint density at radius 2 is 2.43 bits per heavy atom. The van der Waals surface area contributed by atoms with E-state index in [1.165, 1.54) is 5.57 Å². The van der Waals surface area contributed by atoms with Crippen LogP contribution in [0.1, 0.15) is 26.7 Å². The number of hydrogen-bond acceptors (Lipinski definition) is 3. The third-order valence-corrected chi connectivity index (χ3v) is 2.71. The third-order valence-electron chi connectivity index (χ3n) is 2.71. The van der Waals surface area contributed by atoms with Crippen LogP contribution in [0.5, 0.6) is 0 Å². The van der Waals surface area contributed by atoms with Gasteiger partial charge in [0.05, 0.1) is 12.5 Å². The molecule has 1 aliphatic carbocycles. The number of ether oxygens (including phenoxy) is 1. The molecule has 0 heterocycles. The van der Waals surface area contributed by atoms with Gasteiger partial charge >= 0.3 is 5.97 Å². The van der Waals surface area contributed by atoms with Crippen molar-refractivity contribution in [3.8, 4) is 0 Å². The number of hydrogen-bond donors (Lipinski definition) is 1. The Labute approximate surface area is 84.8 Å². The number of aliphatic hydroxyl groups is 1. The summed E-state index contributed by atoms with van der Waals surface area (Å²) in [7, 11) is 0. The molecule has 0 aromatic heterocycles. The van der Waals surface area contributed by atoms with Crippen molar-refractivity contribution in [3.05, 3.63) is 11.6 Å². The molecule has 1 rings (SSSR count). The first-order valence-electron chi connectivity index (χ1n) is 5.08. The highest BCUT2D eigenvalue weighted by atomic mass is 16.5. The summed E-state index contributed by atoms with van der Waals surface area (Å²) in [6.45, 7) is 4.12. The van der Waals surface area contributed by atoms with Gasteiger partial charge in [0.1, 0.15) is 6.61 Å². The average molecular weight is 198 g/mol. The highest BCUT2D eigenvalue weighted by molar-refractivity contribution is 5.73. The first-order chi connectivity index (χ1) is 6.65. The zero-order chi connectivity index (χ0) is 10.6. The lowest BCUT2D eigenvalue weighted by Gasteiger charge is -2.25. The Balaban J connectivity index is 2.50. The smallest absolute Gasteiger partial charge is 0.309 e. The van der Waals surface area contributed by atoms with Gasteiger partial charge in [-0.05, 0) is 25.7 Å². The summed E-state index contributed by atoms with van der Waals surface area (Å²) in [4.78, 5) is 11.6. The van der Waals surface area contributed by atoms with Crippen molar-refractivity contribution in [3.63, 3.8) is 0 Å². The molecule has 14 heavy (non-hydrogen) atoms. The SMILES string of the molecule is CC1=CCC(C)C(C(=O)OCCO)C1. The maximum Gasteiger partial charge on any atom is 0.309 e. The van der Waals surface area contributed by atoms with Crippen LogP contribution in [-0.2, 0) is 9.53 Å². The highest BCUT2D eigenvalue weighted by Gasteiger charge is 2.28. The summed E-state index contributed by atoms with van der Waals surface area (Å²) in [6.07, 6.45) is 3.93. The average Bonchev–Trinajstić information content (AvgIpc) is 2.18. The van der Waals surface area contributed by atoms with Gasteiger partial charge in [-0.1, -0.05) is 18.6 Å². The van der Waals surface area contributed by atoms with Crippen molar-refractivity contribution in [1.29, 1.82) is 0 Å². The number of carbonyl (C=O) groups is 1. The van der Waals surface area contributed by atoms with E-state index in [0.29, 0.717) is 5.92 Å². The maximum absolute atomic E-state index is 11.6. The molecular formula is C11H18O3. The van der Waals surface area contributed by atoms with E-state index in [-0.39, 0.29) is 25.1 Å². The molecule has 1 aliphatic rings. The molecule has 80 valence electrons. The lowest BCUT2D eigenvalue weighted by atomic mass is 9.81. The molecule has 0 spiro atoms. The van der Waals surface area contributed by atoms with E-state index < -0.39 is 0 Å². The van der Waals surface area contributed by atoms with Crippen molar-refractivity contribution < 1.29 is 14.6 Å². The monoisotopic (exact) mass is 198 g/mol. The van der Waals surface area contributed by atoms with Gasteiger partial charge in [-0.25, -0.2) is 0 Å². The van der Waals surface area contributed by atoms with Gasteiger partial charge < -0.3 is 9.84 Å². The van der Waals surface area contributed by atoms with Crippen LogP contribution in [0.4, 0.5) is 0 Å². The van der Waals surface area contributed by atoms with Crippen LogP contribution < -0.4 is 0 Å². The van der Waals surface area contributed by atoms with Crippen molar-refractivity contribution in [2.24, 2.45) is 11.8 Å². The Kier molecular flexibility index (Phi) is 4.14. The van der Waals surface area contributed by atoms with Crippen LogP contribution in [0.2, 0.25) is 0 Å². The van der Waals surface area contributed by atoms with Crippen molar-refractivity contribution >= 4 is 5.97 Å². The fourth-order valence-electron chi connectivity index (χ4n) is 1.75. The summed E-state index contributed by atoms with van der Waals surface area (Å²) in [5.74, 6) is 0.162. The molecule has 0 amide bonds. The zero-order valence-corrected chi connectivity index (χ0v) is 8.82. The molecule has 0 saturated heterocycles. The first-order valence-corrected chi connectivity index (χ1v) is 5.08. The van der Waals surface area contributed by atoms with Gasteiger partial charge in [0, 0.05) is 0 Å². The molecular weight excluding hydrogens is 180 g/mol. The zero-order valence-electron chi connectivity index (χ0n) is 8.82. The highest BCUT2D eigenvalue weighted by Crippen LogP contribution is 2.29. The Bertz CT molecular complexity index is 233. The summed E-state index contributed by atoms with van der Waals surface area (Å²) >= 11 is 0. The second-order valence-corrected chi connectivity index (χ2v) is 3.97. The summed E-state index contributed by atoms with van der Waals surface area (Å²) < 4.78 is 4.93. The van der Waals surface area contributed by atoms with Crippen LogP contribution in [0.15, 0.2) is 11.6 Å². The Morgan fingerprint density at radius 1 is 1.71 bits per heavy atom. The Hall–Kier alpha value is -0.830. The van der Waals surface area contributed by atoms with Gasteiger partial charge in [0.25, 0.3) is 0 Å². The molecule has 1 N–H and O–H groups in total. The van der Waals surface area contributed by atoms with E-state index in [0.717, 1.165) is 12.8 Å². The molecule has 3 nitrogen and oxygen atoms in total. The topological polar surface area (TPSA) is 46.5 Å². The van der Waals surface area contributed by atoms with Gasteiger partial charge in [-0.15, -0.1) is 0 Å². The second kappa shape index (κ2) is 5.15. The van der Waals surface area contributed by atoms with Crippen LogP contribution in [-0.4, -0.2) is 24.3 Å². The summed E-state index contributed by atoms with van der Waals surface area (Å²) in [6, 6.07) is 0. The first kappa shape index (κ1) is 11.2. The Morgan fingerprint density at radius 3 is 3.07 bits per heavy atom. The molecule has 3 heteroatoms. The number of esters is 1. The van der Waals surface area contributed by atoms with Crippen molar-refractivity contribution in [1.82, 2.24) is 0 Å². The molecule has 2 atom stereocenters. The number of allylic oxidation sites excluding steroid dienone is 2. The second-order valence-electron chi connectivity index (χ2n) is 3.97. The lowest BCUT2D eigenvalue weighted by Crippen LogP contribution is -2.27. The van der Waals surface area contributed by atoms with E-state index in [4.69, 9.17) is 9.84 Å². The number of rotatable bonds is 3. The predicted octanol–water partition coefficient (Wildman–Crippen LogP) is 1.51. The van der Waals surface area contributed by atoms with Gasteiger partial charge in [-0.2, -0.15) is 0 Å². The van der Waals surface area contributed by atoms with Crippen LogP contribution in [0.3, 0.4) is 0 Å². The third kappa shape index (κ3) is 2.84. The van der Waals surface area contributed by atoms with E-state index in [9.17, 15) is 4.79 Å².